The molecule has 17 heavy (non-hydrogen) atoms. The number of rotatable bonds is 6. The molecule has 1 rings (SSSR count). The molecule has 0 amide bonds. The predicted molar refractivity (Wildman–Crippen MR) is 66.0 cm³/mol. The molecular formula is C13H21NO3. The van der Waals surface area contributed by atoms with E-state index in [4.69, 9.17) is 9.52 Å². The van der Waals surface area contributed by atoms with Gasteiger partial charge in [0.2, 0.25) is 5.76 Å². The third-order valence-electron chi connectivity index (χ3n) is 3.40. The lowest BCUT2D eigenvalue weighted by Gasteiger charge is -2.29. The Morgan fingerprint density at radius 1 is 1.53 bits per heavy atom. The standard InChI is InChI=1S/C13H21NO3/c1-9(2)13(3,4)8-14-7-10-5-6-17-11(10)12(15)16/h5-6,9,14H,7-8H2,1-4H3,(H,15,16). The number of carboxylic acids is 1. The molecule has 0 aliphatic heterocycles. The van der Waals surface area contributed by atoms with Gasteiger partial charge in [0, 0.05) is 18.7 Å². The summed E-state index contributed by atoms with van der Waals surface area (Å²) in [5.41, 5.74) is 0.879. The van der Waals surface area contributed by atoms with Crippen LogP contribution in [0.3, 0.4) is 0 Å². The maximum atomic E-state index is 10.8. The first kappa shape index (κ1) is 13.8. The van der Waals surface area contributed by atoms with Crippen molar-refractivity contribution in [2.45, 2.75) is 34.2 Å². The molecule has 0 spiro atoms. The molecule has 0 unspecified atom stereocenters. The molecule has 96 valence electrons. The van der Waals surface area contributed by atoms with E-state index in [-0.39, 0.29) is 11.2 Å². The van der Waals surface area contributed by atoms with E-state index in [2.05, 4.69) is 33.0 Å². The average Bonchev–Trinajstić information content (AvgIpc) is 2.65. The van der Waals surface area contributed by atoms with Gasteiger partial charge in [-0.3, -0.25) is 0 Å². The SMILES string of the molecule is CC(C)C(C)(C)CNCc1ccoc1C(=O)O. The Morgan fingerprint density at radius 2 is 2.18 bits per heavy atom. The summed E-state index contributed by atoms with van der Waals surface area (Å²) < 4.78 is 4.92. The summed E-state index contributed by atoms with van der Waals surface area (Å²) in [5, 5.41) is 12.2. The largest absolute Gasteiger partial charge is 0.475 e. The van der Waals surface area contributed by atoms with Gasteiger partial charge in [-0.25, -0.2) is 4.79 Å². The number of furan rings is 1. The van der Waals surface area contributed by atoms with Gasteiger partial charge in [0.1, 0.15) is 0 Å². The van der Waals surface area contributed by atoms with Crippen LogP contribution in [0, 0.1) is 11.3 Å². The minimum atomic E-state index is -1.02. The summed E-state index contributed by atoms with van der Waals surface area (Å²) in [6.07, 6.45) is 1.41. The molecule has 0 radical (unpaired) electrons. The summed E-state index contributed by atoms with van der Waals surface area (Å²) in [6.45, 7) is 10.1. The van der Waals surface area contributed by atoms with Gasteiger partial charge < -0.3 is 14.8 Å². The highest BCUT2D eigenvalue weighted by atomic mass is 16.4. The Labute approximate surface area is 102 Å². The first-order valence-electron chi connectivity index (χ1n) is 5.85. The molecule has 1 aromatic rings. The average molecular weight is 239 g/mol. The van der Waals surface area contributed by atoms with Gasteiger partial charge >= 0.3 is 5.97 Å². The van der Waals surface area contributed by atoms with Gasteiger partial charge in [0.15, 0.2) is 0 Å². The second-order valence-corrected chi connectivity index (χ2v) is 5.33. The van der Waals surface area contributed by atoms with Crippen LogP contribution in [0.1, 0.15) is 43.8 Å². The minimum absolute atomic E-state index is 0.0276. The molecule has 0 saturated heterocycles. The van der Waals surface area contributed by atoms with E-state index < -0.39 is 5.97 Å². The Kier molecular flexibility index (Phi) is 4.34. The van der Waals surface area contributed by atoms with Crippen molar-refractivity contribution in [2.75, 3.05) is 6.54 Å². The van der Waals surface area contributed by atoms with Crippen LogP contribution < -0.4 is 5.32 Å². The number of carbonyl (C=O) groups is 1. The van der Waals surface area contributed by atoms with Crippen molar-refractivity contribution in [1.29, 1.82) is 0 Å². The smallest absolute Gasteiger partial charge is 0.372 e. The van der Waals surface area contributed by atoms with E-state index >= 15 is 0 Å². The van der Waals surface area contributed by atoms with E-state index in [0.29, 0.717) is 18.0 Å². The van der Waals surface area contributed by atoms with Crippen molar-refractivity contribution in [3.8, 4) is 0 Å². The van der Waals surface area contributed by atoms with Crippen LogP contribution >= 0.6 is 0 Å². The number of carboxylic acid groups (broad SMARTS) is 1. The summed E-state index contributed by atoms with van der Waals surface area (Å²) in [7, 11) is 0. The highest BCUT2D eigenvalue weighted by Crippen LogP contribution is 2.24. The molecule has 1 aromatic heterocycles. The van der Waals surface area contributed by atoms with Gasteiger partial charge in [0.05, 0.1) is 6.26 Å². The normalized spacial score (nSPS) is 12.1. The van der Waals surface area contributed by atoms with Crippen LogP contribution in [0.2, 0.25) is 0 Å². The fourth-order valence-corrected chi connectivity index (χ4v) is 1.39. The zero-order chi connectivity index (χ0) is 13.1. The molecule has 0 fully saturated rings. The van der Waals surface area contributed by atoms with E-state index in [1.165, 1.54) is 6.26 Å². The van der Waals surface area contributed by atoms with E-state index in [0.717, 1.165) is 6.54 Å². The quantitative estimate of drug-likeness (QED) is 0.801. The molecule has 4 nitrogen and oxygen atoms in total. The third kappa shape index (κ3) is 3.60. The first-order chi connectivity index (χ1) is 7.84. The molecule has 0 saturated carbocycles. The molecular weight excluding hydrogens is 218 g/mol. The van der Waals surface area contributed by atoms with Crippen LogP contribution in [0.4, 0.5) is 0 Å². The summed E-state index contributed by atoms with van der Waals surface area (Å²) in [4.78, 5) is 10.8. The molecule has 1 heterocycles. The van der Waals surface area contributed by atoms with Gasteiger partial charge in [-0.05, 0) is 17.4 Å². The monoisotopic (exact) mass is 239 g/mol. The molecule has 0 aliphatic carbocycles. The van der Waals surface area contributed by atoms with Gasteiger partial charge in [0.25, 0.3) is 0 Å². The van der Waals surface area contributed by atoms with Gasteiger partial charge in [-0.15, -0.1) is 0 Å². The summed E-state index contributed by atoms with van der Waals surface area (Å²) in [5.74, 6) is -0.423. The second kappa shape index (κ2) is 5.36. The topological polar surface area (TPSA) is 62.5 Å². The summed E-state index contributed by atoms with van der Waals surface area (Å²) in [6, 6.07) is 1.69. The maximum Gasteiger partial charge on any atom is 0.372 e. The van der Waals surface area contributed by atoms with Crippen LogP contribution in [0.5, 0.6) is 0 Å². The number of hydrogen-bond acceptors (Lipinski definition) is 3. The van der Waals surface area contributed by atoms with E-state index in [9.17, 15) is 4.79 Å². The van der Waals surface area contributed by atoms with Crippen molar-refractivity contribution < 1.29 is 14.3 Å². The van der Waals surface area contributed by atoms with E-state index in [1.54, 1.807) is 6.07 Å². The summed E-state index contributed by atoms with van der Waals surface area (Å²) >= 11 is 0. The zero-order valence-corrected chi connectivity index (χ0v) is 10.9. The fraction of sp³-hybridized carbons (Fsp3) is 0.615. The lowest BCUT2D eigenvalue weighted by molar-refractivity contribution is 0.0660. The van der Waals surface area contributed by atoms with Crippen molar-refractivity contribution in [3.05, 3.63) is 23.7 Å². The van der Waals surface area contributed by atoms with Crippen molar-refractivity contribution in [3.63, 3.8) is 0 Å². The molecule has 2 N–H and O–H groups in total. The molecule has 0 atom stereocenters. The minimum Gasteiger partial charge on any atom is -0.475 e. The van der Waals surface area contributed by atoms with Crippen molar-refractivity contribution >= 4 is 5.97 Å². The third-order valence-corrected chi connectivity index (χ3v) is 3.40. The van der Waals surface area contributed by atoms with Gasteiger partial charge in [-0.2, -0.15) is 0 Å². The number of aromatic carboxylic acids is 1. The number of nitrogens with one attached hydrogen (secondary N) is 1. The van der Waals surface area contributed by atoms with Crippen LogP contribution in [0.15, 0.2) is 16.7 Å². The molecule has 0 aliphatic rings. The van der Waals surface area contributed by atoms with Crippen molar-refractivity contribution in [1.82, 2.24) is 5.32 Å². The van der Waals surface area contributed by atoms with Crippen molar-refractivity contribution in [2.24, 2.45) is 11.3 Å². The second-order valence-electron chi connectivity index (χ2n) is 5.33. The highest BCUT2D eigenvalue weighted by Gasteiger charge is 2.22. The number of hydrogen-bond donors (Lipinski definition) is 2. The molecule has 4 heteroatoms. The first-order valence-corrected chi connectivity index (χ1v) is 5.85. The Balaban J connectivity index is 2.52. The molecule has 0 bridgehead atoms. The fourth-order valence-electron chi connectivity index (χ4n) is 1.39. The lowest BCUT2D eigenvalue weighted by atomic mass is 9.81. The highest BCUT2D eigenvalue weighted by molar-refractivity contribution is 5.86. The van der Waals surface area contributed by atoms with Gasteiger partial charge in [-0.1, -0.05) is 27.7 Å². The Morgan fingerprint density at radius 3 is 2.71 bits per heavy atom. The van der Waals surface area contributed by atoms with Crippen LogP contribution in [-0.2, 0) is 6.54 Å². The zero-order valence-electron chi connectivity index (χ0n) is 10.9. The lowest BCUT2D eigenvalue weighted by Crippen LogP contribution is -2.33. The van der Waals surface area contributed by atoms with E-state index in [1.807, 2.05) is 0 Å². The van der Waals surface area contributed by atoms with Crippen LogP contribution in [0.25, 0.3) is 0 Å². The molecule has 0 aromatic carbocycles. The maximum absolute atomic E-state index is 10.8. The van der Waals surface area contributed by atoms with Crippen LogP contribution in [-0.4, -0.2) is 17.6 Å². The predicted octanol–water partition coefficient (Wildman–Crippen LogP) is 2.75. The Hall–Kier alpha value is -1.29. The Bertz CT molecular complexity index is 380.